The van der Waals surface area contributed by atoms with Gasteiger partial charge in [-0.3, -0.25) is 4.90 Å². The Hall–Kier alpha value is -1.06. The van der Waals surface area contributed by atoms with Crippen molar-refractivity contribution in [3.63, 3.8) is 0 Å². The van der Waals surface area contributed by atoms with Crippen LogP contribution in [0.15, 0.2) is 18.2 Å². The topological polar surface area (TPSA) is 24.5 Å². The van der Waals surface area contributed by atoms with Gasteiger partial charge in [-0.15, -0.1) is 0 Å². The lowest BCUT2D eigenvalue weighted by molar-refractivity contribution is 0.143. The van der Waals surface area contributed by atoms with E-state index in [0.29, 0.717) is 12.1 Å². The van der Waals surface area contributed by atoms with Crippen LogP contribution in [0.5, 0.6) is 5.75 Å². The van der Waals surface area contributed by atoms with E-state index >= 15 is 0 Å². The zero-order valence-corrected chi connectivity index (χ0v) is 13.4. The molecule has 0 radical (unpaired) electrons. The fraction of sp³-hybridized carbons (Fsp3) is 0.667. The van der Waals surface area contributed by atoms with E-state index in [-0.39, 0.29) is 0 Å². The third-order valence-electron chi connectivity index (χ3n) is 4.60. The second-order valence-electron chi connectivity index (χ2n) is 6.61. The lowest BCUT2D eigenvalue weighted by atomic mass is 10.1. The van der Waals surface area contributed by atoms with E-state index in [1.165, 1.54) is 50.0 Å². The van der Waals surface area contributed by atoms with Gasteiger partial charge in [-0.25, -0.2) is 0 Å². The zero-order valence-electron chi connectivity index (χ0n) is 13.4. The highest BCUT2D eigenvalue weighted by Crippen LogP contribution is 2.29. The Bertz CT molecular complexity index is 468. The highest BCUT2D eigenvalue weighted by Gasteiger charge is 2.26. The summed E-state index contributed by atoms with van der Waals surface area (Å²) in [5.74, 6) is 1.10. The molecule has 21 heavy (non-hydrogen) atoms. The molecule has 1 fully saturated rings. The lowest BCUT2D eigenvalue weighted by Gasteiger charge is -2.27. The van der Waals surface area contributed by atoms with Gasteiger partial charge in [0.25, 0.3) is 0 Å². The van der Waals surface area contributed by atoms with Crippen LogP contribution >= 0.6 is 0 Å². The van der Waals surface area contributed by atoms with E-state index < -0.39 is 0 Å². The Labute approximate surface area is 128 Å². The van der Waals surface area contributed by atoms with E-state index in [2.05, 4.69) is 42.3 Å². The fourth-order valence-electron chi connectivity index (χ4n) is 3.64. The van der Waals surface area contributed by atoms with E-state index in [4.69, 9.17) is 4.74 Å². The second-order valence-corrected chi connectivity index (χ2v) is 6.61. The Morgan fingerprint density at radius 3 is 3.00 bits per heavy atom. The molecule has 2 atom stereocenters. The summed E-state index contributed by atoms with van der Waals surface area (Å²) < 4.78 is 6.14. The highest BCUT2D eigenvalue weighted by molar-refractivity contribution is 5.40. The first-order chi connectivity index (χ1) is 10.2. The summed E-state index contributed by atoms with van der Waals surface area (Å²) in [6.07, 6.45) is 5.26. The fourth-order valence-corrected chi connectivity index (χ4v) is 3.64. The van der Waals surface area contributed by atoms with E-state index in [1.807, 2.05) is 0 Å². The molecule has 0 amide bonds. The molecule has 3 heteroatoms. The SMILES string of the molecule is CCCN(CC1CCCN1)CC1Cc2cc(C)ccc2O1. The number of benzene rings is 1. The molecule has 0 aliphatic carbocycles. The summed E-state index contributed by atoms with van der Waals surface area (Å²) in [4.78, 5) is 2.59. The van der Waals surface area contributed by atoms with E-state index in [0.717, 1.165) is 18.7 Å². The molecule has 1 N–H and O–H groups in total. The first-order valence-electron chi connectivity index (χ1n) is 8.46. The molecule has 2 aliphatic rings. The van der Waals surface area contributed by atoms with Crippen LogP contribution < -0.4 is 10.1 Å². The smallest absolute Gasteiger partial charge is 0.123 e. The number of nitrogens with one attached hydrogen (secondary N) is 1. The average molecular weight is 288 g/mol. The first kappa shape index (κ1) is 14.9. The van der Waals surface area contributed by atoms with E-state index in [1.54, 1.807) is 0 Å². The van der Waals surface area contributed by atoms with Gasteiger partial charge >= 0.3 is 0 Å². The summed E-state index contributed by atoms with van der Waals surface area (Å²) in [6, 6.07) is 7.24. The zero-order chi connectivity index (χ0) is 14.7. The first-order valence-corrected chi connectivity index (χ1v) is 8.46. The Morgan fingerprint density at radius 1 is 1.33 bits per heavy atom. The molecule has 1 aromatic rings. The highest BCUT2D eigenvalue weighted by atomic mass is 16.5. The van der Waals surface area contributed by atoms with Gasteiger partial charge in [0.2, 0.25) is 0 Å². The molecule has 1 saturated heterocycles. The summed E-state index contributed by atoms with van der Waals surface area (Å²) in [7, 11) is 0. The van der Waals surface area contributed by atoms with Crippen LogP contribution in [0.1, 0.15) is 37.3 Å². The normalized spacial score (nSPS) is 24.3. The van der Waals surface area contributed by atoms with Crippen molar-refractivity contribution in [2.75, 3.05) is 26.2 Å². The van der Waals surface area contributed by atoms with Crippen LogP contribution in [-0.4, -0.2) is 43.2 Å². The lowest BCUT2D eigenvalue weighted by Crippen LogP contribution is -2.42. The molecule has 2 heterocycles. The molecule has 3 nitrogen and oxygen atoms in total. The van der Waals surface area contributed by atoms with E-state index in [9.17, 15) is 0 Å². The van der Waals surface area contributed by atoms with Crippen LogP contribution in [-0.2, 0) is 6.42 Å². The number of rotatable bonds is 6. The molecular weight excluding hydrogens is 260 g/mol. The Kier molecular flexibility index (Phi) is 4.81. The second kappa shape index (κ2) is 6.80. The van der Waals surface area contributed by atoms with Crippen molar-refractivity contribution in [1.82, 2.24) is 10.2 Å². The number of fused-ring (bicyclic) bond motifs is 1. The molecular formula is C18H28N2O. The number of aryl methyl sites for hydroxylation is 1. The van der Waals surface area contributed by atoms with Gasteiger partial charge in [0.05, 0.1) is 0 Å². The molecule has 2 unspecified atom stereocenters. The van der Waals surface area contributed by atoms with Crippen LogP contribution in [0.25, 0.3) is 0 Å². The van der Waals surface area contributed by atoms with Crippen LogP contribution in [0.3, 0.4) is 0 Å². The number of hydrogen-bond donors (Lipinski definition) is 1. The molecule has 0 bridgehead atoms. The maximum atomic E-state index is 6.14. The van der Waals surface area contributed by atoms with Crippen molar-refractivity contribution in [3.8, 4) is 5.75 Å². The maximum absolute atomic E-state index is 6.14. The van der Waals surface area contributed by atoms with Crippen LogP contribution in [0.2, 0.25) is 0 Å². The number of hydrogen-bond acceptors (Lipinski definition) is 3. The molecule has 0 saturated carbocycles. The van der Waals surface area contributed by atoms with Gasteiger partial charge in [0.1, 0.15) is 11.9 Å². The van der Waals surface area contributed by atoms with Crippen molar-refractivity contribution in [2.24, 2.45) is 0 Å². The molecule has 2 aliphatic heterocycles. The Morgan fingerprint density at radius 2 is 2.24 bits per heavy atom. The average Bonchev–Trinajstić information content (AvgIpc) is 3.07. The summed E-state index contributed by atoms with van der Waals surface area (Å²) in [5.41, 5.74) is 2.72. The monoisotopic (exact) mass is 288 g/mol. The van der Waals surface area contributed by atoms with Crippen molar-refractivity contribution < 1.29 is 4.74 Å². The van der Waals surface area contributed by atoms with Crippen molar-refractivity contribution in [3.05, 3.63) is 29.3 Å². The van der Waals surface area contributed by atoms with Crippen molar-refractivity contribution in [2.45, 2.75) is 51.7 Å². The van der Waals surface area contributed by atoms with Crippen molar-refractivity contribution >= 4 is 0 Å². The van der Waals surface area contributed by atoms with Crippen LogP contribution in [0.4, 0.5) is 0 Å². The third-order valence-corrected chi connectivity index (χ3v) is 4.60. The van der Waals surface area contributed by atoms with Gasteiger partial charge < -0.3 is 10.1 Å². The van der Waals surface area contributed by atoms with Gasteiger partial charge in [0, 0.05) is 25.6 Å². The third kappa shape index (κ3) is 3.78. The summed E-state index contributed by atoms with van der Waals surface area (Å²) in [6.45, 7) is 9.01. The quantitative estimate of drug-likeness (QED) is 0.871. The minimum atomic E-state index is 0.328. The minimum absolute atomic E-state index is 0.328. The summed E-state index contributed by atoms with van der Waals surface area (Å²) in [5, 5.41) is 3.61. The standard InChI is InChI=1S/C18H28N2O/c1-3-9-20(12-16-5-4-8-19-16)13-17-11-15-10-14(2)6-7-18(15)21-17/h6-7,10,16-17,19H,3-5,8-9,11-13H2,1-2H3. The predicted octanol–water partition coefficient (Wildman–Crippen LogP) is 2.76. The van der Waals surface area contributed by atoms with Gasteiger partial charge in [0.15, 0.2) is 0 Å². The molecule has 0 spiro atoms. The predicted molar refractivity (Wildman–Crippen MR) is 87.1 cm³/mol. The largest absolute Gasteiger partial charge is 0.488 e. The van der Waals surface area contributed by atoms with Crippen molar-refractivity contribution in [1.29, 1.82) is 0 Å². The minimum Gasteiger partial charge on any atom is -0.488 e. The number of ether oxygens (including phenoxy) is 1. The Balaban J connectivity index is 1.56. The molecule has 116 valence electrons. The van der Waals surface area contributed by atoms with Gasteiger partial charge in [-0.2, -0.15) is 0 Å². The van der Waals surface area contributed by atoms with Crippen LogP contribution in [0, 0.1) is 6.92 Å². The maximum Gasteiger partial charge on any atom is 0.123 e. The molecule has 3 rings (SSSR count). The van der Waals surface area contributed by atoms with Gasteiger partial charge in [-0.05, 0) is 50.9 Å². The molecule has 1 aromatic carbocycles. The summed E-state index contributed by atoms with van der Waals surface area (Å²) >= 11 is 0. The number of nitrogens with zero attached hydrogens (tertiary/aromatic N) is 1. The molecule has 0 aromatic heterocycles. The van der Waals surface area contributed by atoms with Gasteiger partial charge in [-0.1, -0.05) is 24.6 Å².